The second-order valence-electron chi connectivity index (χ2n) is 5.71. The van der Waals surface area contributed by atoms with Crippen LogP contribution in [0, 0.1) is 0 Å². The lowest BCUT2D eigenvalue weighted by Crippen LogP contribution is -2.43. The molecular weight excluding hydrogens is 314 g/mol. The maximum absolute atomic E-state index is 12.2. The van der Waals surface area contributed by atoms with Gasteiger partial charge in [-0.2, -0.15) is 0 Å². The van der Waals surface area contributed by atoms with Crippen molar-refractivity contribution >= 4 is 11.9 Å². The predicted molar refractivity (Wildman–Crippen MR) is 86.6 cm³/mol. The van der Waals surface area contributed by atoms with Gasteiger partial charge in [0.25, 0.3) is 5.91 Å². The minimum absolute atomic E-state index is 0.110. The van der Waals surface area contributed by atoms with Crippen LogP contribution in [-0.4, -0.2) is 50.0 Å². The van der Waals surface area contributed by atoms with Crippen LogP contribution in [0.1, 0.15) is 36.0 Å². The van der Waals surface area contributed by atoms with Crippen LogP contribution in [-0.2, 0) is 9.53 Å². The number of carboxylic acids is 1. The van der Waals surface area contributed by atoms with Gasteiger partial charge in [0.1, 0.15) is 0 Å². The molecule has 1 fully saturated rings. The van der Waals surface area contributed by atoms with Gasteiger partial charge in [0.2, 0.25) is 0 Å². The molecule has 0 radical (unpaired) electrons. The number of amides is 1. The van der Waals surface area contributed by atoms with Crippen molar-refractivity contribution in [3.05, 3.63) is 23.8 Å². The third-order valence-corrected chi connectivity index (χ3v) is 3.96. The average Bonchev–Trinajstić information content (AvgIpc) is 3.07. The molecule has 0 aliphatic heterocycles. The Hall–Kier alpha value is -2.28. The SMILES string of the molecule is COCC(NC(=O)c1ccc(OC2CCCC2)c(OC)c1)C(=O)O. The number of hydrogen-bond acceptors (Lipinski definition) is 5. The van der Waals surface area contributed by atoms with Crippen LogP contribution < -0.4 is 14.8 Å². The van der Waals surface area contributed by atoms with Crippen molar-refractivity contribution in [1.29, 1.82) is 0 Å². The van der Waals surface area contributed by atoms with E-state index in [0.29, 0.717) is 17.1 Å². The Kier molecular flexibility index (Phi) is 6.43. The molecule has 24 heavy (non-hydrogen) atoms. The number of methoxy groups -OCH3 is 2. The molecule has 0 spiro atoms. The Morgan fingerprint density at radius 2 is 1.96 bits per heavy atom. The van der Waals surface area contributed by atoms with Crippen LogP contribution in [0.5, 0.6) is 11.5 Å². The highest BCUT2D eigenvalue weighted by Gasteiger charge is 2.22. The van der Waals surface area contributed by atoms with E-state index in [1.54, 1.807) is 18.2 Å². The molecule has 2 N–H and O–H groups in total. The minimum atomic E-state index is -1.15. The summed E-state index contributed by atoms with van der Waals surface area (Å²) < 4.78 is 16.0. The summed E-state index contributed by atoms with van der Waals surface area (Å²) in [7, 11) is 2.88. The first-order valence-corrected chi connectivity index (χ1v) is 7.92. The molecule has 0 heterocycles. The zero-order valence-electron chi connectivity index (χ0n) is 13.9. The van der Waals surface area contributed by atoms with E-state index < -0.39 is 17.9 Å². The summed E-state index contributed by atoms with van der Waals surface area (Å²) in [5.41, 5.74) is 0.299. The smallest absolute Gasteiger partial charge is 0.328 e. The number of rotatable bonds is 8. The number of ether oxygens (including phenoxy) is 3. The molecule has 1 aromatic rings. The molecule has 1 aliphatic rings. The van der Waals surface area contributed by atoms with Gasteiger partial charge in [0.15, 0.2) is 17.5 Å². The number of nitrogens with one attached hydrogen (secondary N) is 1. The van der Waals surface area contributed by atoms with Gasteiger partial charge in [-0.05, 0) is 43.9 Å². The van der Waals surface area contributed by atoms with Crippen molar-refractivity contribution in [3.63, 3.8) is 0 Å². The minimum Gasteiger partial charge on any atom is -0.493 e. The van der Waals surface area contributed by atoms with Gasteiger partial charge in [-0.25, -0.2) is 4.79 Å². The molecule has 0 aromatic heterocycles. The fourth-order valence-electron chi connectivity index (χ4n) is 2.67. The van der Waals surface area contributed by atoms with E-state index >= 15 is 0 Å². The molecule has 0 bridgehead atoms. The molecule has 0 saturated heterocycles. The van der Waals surface area contributed by atoms with Gasteiger partial charge in [0.05, 0.1) is 19.8 Å². The van der Waals surface area contributed by atoms with E-state index in [9.17, 15) is 9.59 Å². The standard InChI is InChI=1S/C17H23NO6/c1-22-10-13(17(20)21)18-16(19)11-7-8-14(15(9-11)23-2)24-12-5-3-4-6-12/h7-9,12-13H,3-6,10H2,1-2H3,(H,18,19)(H,20,21). The van der Waals surface area contributed by atoms with E-state index in [1.165, 1.54) is 14.2 Å². The zero-order chi connectivity index (χ0) is 17.5. The van der Waals surface area contributed by atoms with E-state index in [0.717, 1.165) is 25.7 Å². The summed E-state index contributed by atoms with van der Waals surface area (Å²) in [6.45, 7) is -0.110. The van der Waals surface area contributed by atoms with Crippen LogP contribution in [0.3, 0.4) is 0 Å². The van der Waals surface area contributed by atoms with Crippen LogP contribution in [0.25, 0.3) is 0 Å². The molecule has 1 aromatic carbocycles. The highest BCUT2D eigenvalue weighted by atomic mass is 16.5. The van der Waals surface area contributed by atoms with Crippen molar-refractivity contribution in [2.45, 2.75) is 37.8 Å². The second kappa shape index (κ2) is 8.54. The molecule has 1 amide bonds. The van der Waals surface area contributed by atoms with Crippen LogP contribution >= 0.6 is 0 Å². The number of carboxylic acid groups (broad SMARTS) is 1. The normalized spacial score (nSPS) is 15.8. The summed E-state index contributed by atoms with van der Waals surface area (Å²) >= 11 is 0. The monoisotopic (exact) mass is 337 g/mol. The quantitative estimate of drug-likeness (QED) is 0.752. The first kappa shape index (κ1) is 18.1. The van der Waals surface area contributed by atoms with Crippen molar-refractivity contribution in [1.82, 2.24) is 5.32 Å². The summed E-state index contributed by atoms with van der Waals surface area (Å²) in [6.07, 6.45) is 4.52. The maximum Gasteiger partial charge on any atom is 0.328 e. The van der Waals surface area contributed by atoms with Gasteiger partial charge in [0, 0.05) is 12.7 Å². The summed E-state index contributed by atoms with van der Waals surface area (Å²) in [4.78, 5) is 23.3. The number of benzene rings is 1. The van der Waals surface area contributed by atoms with Gasteiger partial charge in [-0.1, -0.05) is 0 Å². The van der Waals surface area contributed by atoms with Crippen molar-refractivity contribution in [2.75, 3.05) is 20.8 Å². The van der Waals surface area contributed by atoms with Crippen LogP contribution in [0.2, 0.25) is 0 Å². The number of aliphatic carboxylic acids is 1. The predicted octanol–water partition coefficient (Wildman–Crippen LogP) is 1.85. The van der Waals surface area contributed by atoms with Crippen LogP contribution in [0.4, 0.5) is 0 Å². The van der Waals surface area contributed by atoms with Crippen molar-refractivity contribution < 1.29 is 28.9 Å². The third-order valence-electron chi connectivity index (χ3n) is 3.96. The molecule has 1 atom stereocenters. The van der Waals surface area contributed by atoms with Crippen LogP contribution in [0.15, 0.2) is 18.2 Å². The summed E-state index contributed by atoms with van der Waals surface area (Å²) in [6, 6.07) is 3.71. The molecule has 7 heteroatoms. The molecule has 1 aliphatic carbocycles. The molecular formula is C17H23NO6. The number of carbonyl (C=O) groups is 2. The largest absolute Gasteiger partial charge is 0.493 e. The second-order valence-corrected chi connectivity index (χ2v) is 5.71. The zero-order valence-corrected chi connectivity index (χ0v) is 13.9. The first-order valence-electron chi connectivity index (χ1n) is 7.92. The Labute approximate surface area is 140 Å². The van der Waals surface area contributed by atoms with E-state index in [1.807, 2.05) is 0 Å². The highest BCUT2D eigenvalue weighted by molar-refractivity contribution is 5.97. The third kappa shape index (κ3) is 4.61. The summed E-state index contributed by atoms with van der Waals surface area (Å²) in [5, 5.41) is 11.5. The highest BCUT2D eigenvalue weighted by Crippen LogP contribution is 2.32. The van der Waals surface area contributed by atoms with Gasteiger partial charge < -0.3 is 24.6 Å². The Balaban J connectivity index is 2.09. The molecule has 1 unspecified atom stereocenters. The van der Waals surface area contributed by atoms with E-state index in [-0.39, 0.29) is 12.7 Å². The lowest BCUT2D eigenvalue weighted by molar-refractivity contribution is -0.140. The Bertz CT molecular complexity index is 582. The maximum atomic E-state index is 12.2. The molecule has 2 rings (SSSR count). The lowest BCUT2D eigenvalue weighted by Gasteiger charge is -2.17. The number of carbonyl (C=O) groups excluding carboxylic acids is 1. The van der Waals surface area contributed by atoms with Crippen molar-refractivity contribution in [3.8, 4) is 11.5 Å². The number of hydrogen-bond donors (Lipinski definition) is 2. The topological polar surface area (TPSA) is 94.1 Å². The van der Waals surface area contributed by atoms with Gasteiger partial charge in [-0.3, -0.25) is 4.79 Å². The van der Waals surface area contributed by atoms with E-state index in [4.69, 9.17) is 19.3 Å². The first-order chi connectivity index (χ1) is 11.5. The molecule has 132 valence electrons. The fraction of sp³-hybridized carbons (Fsp3) is 0.529. The van der Waals surface area contributed by atoms with Crippen molar-refractivity contribution in [2.24, 2.45) is 0 Å². The average molecular weight is 337 g/mol. The Morgan fingerprint density at radius 1 is 1.25 bits per heavy atom. The van der Waals surface area contributed by atoms with E-state index in [2.05, 4.69) is 5.32 Å². The van der Waals surface area contributed by atoms with Gasteiger partial charge >= 0.3 is 5.97 Å². The Morgan fingerprint density at radius 3 is 2.54 bits per heavy atom. The fourth-order valence-corrected chi connectivity index (χ4v) is 2.67. The lowest BCUT2D eigenvalue weighted by atomic mass is 10.1. The summed E-state index contributed by atoms with van der Waals surface area (Å²) in [5.74, 6) is -0.621. The van der Waals surface area contributed by atoms with Gasteiger partial charge in [-0.15, -0.1) is 0 Å². The molecule has 7 nitrogen and oxygen atoms in total. The molecule has 1 saturated carbocycles.